The molecule has 3 aromatic heterocycles. The molecule has 0 bridgehead atoms. The van der Waals surface area contributed by atoms with Gasteiger partial charge in [0.25, 0.3) is 0 Å². The van der Waals surface area contributed by atoms with E-state index < -0.39 is 0 Å². The van der Waals surface area contributed by atoms with E-state index in [0.29, 0.717) is 11.5 Å². The Labute approximate surface area is 332 Å². The predicted molar refractivity (Wildman–Crippen MR) is 237 cm³/mol. The van der Waals surface area contributed by atoms with Crippen LogP contribution in [0.1, 0.15) is 25.0 Å². The molecule has 12 rings (SSSR count). The first kappa shape index (κ1) is 32.3. The smallest absolute Gasteiger partial charge is 0.227 e. The van der Waals surface area contributed by atoms with Gasteiger partial charge >= 0.3 is 0 Å². The molecule has 0 unspecified atom stereocenters. The second-order valence-corrected chi connectivity index (χ2v) is 16.7. The summed E-state index contributed by atoms with van der Waals surface area (Å²) in [6.07, 6.45) is 0. The molecule has 11 aromatic rings. The average Bonchev–Trinajstić information content (AvgIpc) is 4.00. The summed E-state index contributed by atoms with van der Waals surface area (Å²) < 4.78 is 15.2. The quantitative estimate of drug-likeness (QED) is 0.176. The molecule has 0 atom stereocenters. The van der Waals surface area contributed by atoms with Gasteiger partial charge < -0.3 is 13.7 Å². The summed E-state index contributed by atoms with van der Waals surface area (Å²) in [6.45, 7) is 4.67. The highest BCUT2D eigenvalue weighted by Gasteiger charge is 2.35. The second kappa shape index (κ2) is 12.0. The van der Waals surface area contributed by atoms with Crippen molar-refractivity contribution >= 4 is 81.6 Å². The molecule has 0 aliphatic heterocycles. The summed E-state index contributed by atoms with van der Waals surface area (Å²) in [5, 5.41) is 4.66. The van der Waals surface area contributed by atoms with E-state index in [0.717, 1.165) is 61.2 Å². The Kier molecular flexibility index (Phi) is 6.82. The van der Waals surface area contributed by atoms with Crippen LogP contribution in [0.3, 0.4) is 0 Å². The van der Waals surface area contributed by atoms with E-state index in [4.69, 9.17) is 13.8 Å². The average molecular weight is 751 g/mol. The maximum atomic E-state index is 6.46. The van der Waals surface area contributed by atoms with Gasteiger partial charge in [-0.05, 0) is 112 Å². The van der Waals surface area contributed by atoms with E-state index in [2.05, 4.69) is 152 Å². The molecule has 1 aliphatic rings. The molecular weight excluding hydrogens is 717 g/mol. The summed E-state index contributed by atoms with van der Waals surface area (Å²) in [6, 6.07) is 60.9. The number of hydrogen-bond donors (Lipinski definition) is 0. The third-order valence-corrected chi connectivity index (χ3v) is 13.1. The summed E-state index contributed by atoms with van der Waals surface area (Å²) >= 11 is 1.85. The molecule has 0 saturated heterocycles. The van der Waals surface area contributed by atoms with Crippen molar-refractivity contribution in [3.8, 4) is 33.7 Å². The summed E-state index contributed by atoms with van der Waals surface area (Å²) in [5.74, 6) is 0.609. The standard InChI is InChI=1S/C52H34N2O2S/c1-52(2)43-14-8-6-12-37(43)40-27-35(21-24-44(40)52)54(36-22-25-50-42(28-36)39-13-7-9-15-49(39)57-50)34-19-16-31(17-20-34)33-18-23-38-41-29-45-48(30-47(41)55-46(38)26-33)56-51(53-45)32-10-4-3-5-11-32/h3-30H,1-2H3. The number of thiophene rings is 1. The van der Waals surface area contributed by atoms with Crippen molar-refractivity contribution in [2.75, 3.05) is 4.90 Å². The lowest BCUT2D eigenvalue weighted by molar-refractivity contribution is 0.617. The first-order valence-electron chi connectivity index (χ1n) is 19.3. The monoisotopic (exact) mass is 750 g/mol. The first-order chi connectivity index (χ1) is 28.0. The summed E-state index contributed by atoms with van der Waals surface area (Å²) in [4.78, 5) is 7.20. The fourth-order valence-corrected chi connectivity index (χ4v) is 10.1. The van der Waals surface area contributed by atoms with Crippen LogP contribution in [0.2, 0.25) is 0 Å². The van der Waals surface area contributed by atoms with Gasteiger partial charge in [0.15, 0.2) is 5.58 Å². The van der Waals surface area contributed by atoms with Gasteiger partial charge in [0.1, 0.15) is 16.7 Å². The Hall–Kier alpha value is -6.95. The van der Waals surface area contributed by atoms with Crippen LogP contribution >= 0.6 is 11.3 Å². The molecule has 1 aliphatic carbocycles. The fraction of sp³-hybridized carbons (Fsp3) is 0.0577. The highest BCUT2D eigenvalue weighted by atomic mass is 32.1. The molecule has 57 heavy (non-hydrogen) atoms. The van der Waals surface area contributed by atoms with Gasteiger partial charge in [-0.25, -0.2) is 4.98 Å². The molecule has 0 spiro atoms. The number of hydrogen-bond acceptors (Lipinski definition) is 5. The van der Waals surface area contributed by atoms with Crippen molar-refractivity contribution in [1.82, 2.24) is 4.98 Å². The minimum atomic E-state index is -0.0555. The van der Waals surface area contributed by atoms with Gasteiger partial charge in [0, 0.05) is 65.1 Å². The third kappa shape index (κ3) is 4.95. The van der Waals surface area contributed by atoms with Crippen molar-refractivity contribution < 1.29 is 8.83 Å². The highest BCUT2D eigenvalue weighted by Crippen LogP contribution is 2.51. The van der Waals surface area contributed by atoms with E-state index >= 15 is 0 Å². The first-order valence-corrected chi connectivity index (χ1v) is 20.2. The molecule has 0 amide bonds. The number of nitrogens with zero attached hydrogens (tertiary/aromatic N) is 2. The lowest BCUT2D eigenvalue weighted by Gasteiger charge is -2.27. The van der Waals surface area contributed by atoms with Crippen molar-refractivity contribution in [3.05, 3.63) is 181 Å². The Morgan fingerprint density at radius 3 is 2.05 bits per heavy atom. The summed E-state index contributed by atoms with van der Waals surface area (Å²) in [7, 11) is 0. The minimum absolute atomic E-state index is 0.0555. The van der Waals surface area contributed by atoms with Crippen LogP contribution in [0.5, 0.6) is 0 Å². The number of aromatic nitrogens is 1. The van der Waals surface area contributed by atoms with E-state index in [1.165, 1.54) is 42.4 Å². The zero-order valence-electron chi connectivity index (χ0n) is 31.3. The molecule has 0 saturated carbocycles. The topological polar surface area (TPSA) is 42.4 Å². The highest BCUT2D eigenvalue weighted by molar-refractivity contribution is 7.25. The maximum Gasteiger partial charge on any atom is 0.227 e. The number of fused-ring (bicyclic) bond motifs is 10. The molecule has 0 fully saturated rings. The fourth-order valence-electron chi connectivity index (χ4n) is 9.03. The molecule has 3 heterocycles. The van der Waals surface area contributed by atoms with E-state index in [-0.39, 0.29) is 5.41 Å². The number of furan rings is 1. The van der Waals surface area contributed by atoms with Crippen molar-refractivity contribution in [2.45, 2.75) is 19.3 Å². The van der Waals surface area contributed by atoms with Crippen molar-refractivity contribution in [1.29, 1.82) is 0 Å². The lowest BCUT2D eigenvalue weighted by atomic mass is 9.82. The van der Waals surface area contributed by atoms with Gasteiger partial charge in [-0.1, -0.05) is 98.8 Å². The van der Waals surface area contributed by atoms with Crippen LogP contribution in [0.25, 0.3) is 86.9 Å². The van der Waals surface area contributed by atoms with E-state index in [1.54, 1.807) is 0 Å². The molecule has 0 radical (unpaired) electrons. The molecule has 270 valence electrons. The van der Waals surface area contributed by atoms with Crippen LogP contribution in [-0.2, 0) is 5.41 Å². The molecule has 4 nitrogen and oxygen atoms in total. The zero-order chi connectivity index (χ0) is 37.8. The molecular formula is C52H34N2O2S. The number of anilines is 3. The van der Waals surface area contributed by atoms with Crippen LogP contribution in [0.15, 0.2) is 179 Å². The Balaban J connectivity index is 0.947. The van der Waals surface area contributed by atoms with Gasteiger partial charge in [-0.2, -0.15) is 0 Å². The van der Waals surface area contributed by atoms with Crippen LogP contribution in [-0.4, -0.2) is 4.98 Å². The van der Waals surface area contributed by atoms with Gasteiger partial charge in [0.05, 0.1) is 0 Å². The van der Waals surface area contributed by atoms with Crippen molar-refractivity contribution in [3.63, 3.8) is 0 Å². The largest absolute Gasteiger partial charge is 0.456 e. The Morgan fingerprint density at radius 1 is 0.456 bits per heavy atom. The third-order valence-electron chi connectivity index (χ3n) is 11.9. The zero-order valence-corrected chi connectivity index (χ0v) is 32.1. The Bertz CT molecular complexity index is 3390. The van der Waals surface area contributed by atoms with Crippen LogP contribution < -0.4 is 4.90 Å². The summed E-state index contributed by atoms with van der Waals surface area (Å²) in [5.41, 5.74) is 15.0. The normalized spacial score (nSPS) is 13.2. The van der Waals surface area contributed by atoms with Crippen LogP contribution in [0, 0.1) is 0 Å². The predicted octanol–water partition coefficient (Wildman–Crippen LogP) is 15.2. The van der Waals surface area contributed by atoms with E-state index in [1.807, 2.05) is 47.7 Å². The number of oxazole rings is 1. The van der Waals surface area contributed by atoms with Gasteiger partial charge in [-0.15, -0.1) is 11.3 Å². The lowest BCUT2D eigenvalue weighted by Crippen LogP contribution is -2.15. The van der Waals surface area contributed by atoms with E-state index in [9.17, 15) is 0 Å². The maximum absolute atomic E-state index is 6.46. The number of benzene rings is 8. The second-order valence-electron chi connectivity index (χ2n) is 15.6. The number of rotatable bonds is 5. The van der Waals surface area contributed by atoms with Crippen LogP contribution in [0.4, 0.5) is 17.1 Å². The molecule has 8 aromatic carbocycles. The van der Waals surface area contributed by atoms with Crippen molar-refractivity contribution in [2.24, 2.45) is 0 Å². The molecule has 0 N–H and O–H groups in total. The SMILES string of the molecule is CC1(C)c2ccccc2-c2cc(N(c3ccc(-c4ccc5c(c4)oc4cc6oc(-c7ccccc7)nc6cc45)cc3)c3ccc4sc5ccccc5c4c3)ccc21. The van der Waals surface area contributed by atoms with Gasteiger partial charge in [-0.3, -0.25) is 0 Å². The Morgan fingerprint density at radius 2 is 1.16 bits per heavy atom. The molecule has 5 heteroatoms. The minimum Gasteiger partial charge on any atom is -0.456 e. The van der Waals surface area contributed by atoms with Gasteiger partial charge in [0.2, 0.25) is 5.89 Å².